The summed E-state index contributed by atoms with van der Waals surface area (Å²) >= 11 is 0. The Labute approximate surface area is 97.2 Å². The van der Waals surface area contributed by atoms with Crippen molar-refractivity contribution in [3.05, 3.63) is 35.9 Å². The molecule has 0 aliphatic carbocycles. The molecule has 2 N–H and O–H groups in total. The Kier molecular flexibility index (Phi) is 4.50. The van der Waals surface area contributed by atoms with Gasteiger partial charge in [-0.05, 0) is 12.5 Å². The molecule has 0 aromatic heterocycles. The first-order valence-electron chi connectivity index (χ1n) is 5.57. The molecular weight excluding hydrogens is 200 g/mol. The Hall–Kier alpha value is -1.35. The van der Waals surface area contributed by atoms with E-state index in [0.29, 0.717) is 6.54 Å². The van der Waals surface area contributed by atoms with E-state index in [1.165, 1.54) is 0 Å². The van der Waals surface area contributed by atoms with E-state index in [1.807, 2.05) is 51.2 Å². The number of benzene rings is 1. The topological polar surface area (TPSA) is 46.3 Å². The maximum Gasteiger partial charge on any atom is 0.226 e. The third kappa shape index (κ3) is 3.35. The maximum atomic E-state index is 11.9. The van der Waals surface area contributed by atoms with Gasteiger partial charge in [-0.3, -0.25) is 4.79 Å². The van der Waals surface area contributed by atoms with Gasteiger partial charge in [0.15, 0.2) is 0 Å². The average molecular weight is 220 g/mol. The third-order valence-corrected chi connectivity index (χ3v) is 2.82. The van der Waals surface area contributed by atoms with Crippen LogP contribution in [-0.4, -0.2) is 23.9 Å². The fourth-order valence-electron chi connectivity index (χ4n) is 1.51. The van der Waals surface area contributed by atoms with E-state index in [0.717, 1.165) is 5.56 Å². The Morgan fingerprint density at radius 3 is 2.38 bits per heavy atom. The number of rotatable bonds is 4. The molecule has 3 nitrogen and oxygen atoms in total. The summed E-state index contributed by atoms with van der Waals surface area (Å²) in [5, 5.41) is 0. The van der Waals surface area contributed by atoms with Gasteiger partial charge in [-0.1, -0.05) is 37.3 Å². The molecular formula is C13H20N2O. The zero-order chi connectivity index (χ0) is 12.1. The van der Waals surface area contributed by atoms with Crippen molar-refractivity contribution in [3.63, 3.8) is 0 Å². The van der Waals surface area contributed by atoms with E-state index in [9.17, 15) is 4.79 Å². The van der Waals surface area contributed by atoms with Crippen LogP contribution in [0.4, 0.5) is 0 Å². The number of nitrogens with zero attached hydrogens (tertiary/aromatic N) is 1. The number of carbonyl (C=O) groups excluding carboxylic acids is 1. The second-order valence-electron chi connectivity index (χ2n) is 4.33. The SMILES string of the molecule is CC(N)C(C)C(=O)N(C)Cc1ccccc1. The van der Waals surface area contributed by atoms with Crippen molar-refractivity contribution >= 4 is 5.91 Å². The number of hydrogen-bond acceptors (Lipinski definition) is 2. The van der Waals surface area contributed by atoms with Gasteiger partial charge >= 0.3 is 0 Å². The van der Waals surface area contributed by atoms with Gasteiger partial charge in [0.2, 0.25) is 5.91 Å². The quantitative estimate of drug-likeness (QED) is 0.838. The van der Waals surface area contributed by atoms with Gasteiger partial charge in [-0.25, -0.2) is 0 Å². The summed E-state index contributed by atoms with van der Waals surface area (Å²) in [6.07, 6.45) is 0. The Morgan fingerprint density at radius 1 is 1.31 bits per heavy atom. The van der Waals surface area contributed by atoms with Gasteiger partial charge in [-0.15, -0.1) is 0 Å². The number of nitrogens with two attached hydrogens (primary N) is 1. The molecule has 2 atom stereocenters. The molecule has 1 aromatic rings. The van der Waals surface area contributed by atoms with Gasteiger partial charge in [-0.2, -0.15) is 0 Å². The fourth-order valence-corrected chi connectivity index (χ4v) is 1.51. The first kappa shape index (κ1) is 12.7. The smallest absolute Gasteiger partial charge is 0.226 e. The lowest BCUT2D eigenvalue weighted by molar-refractivity contribution is -0.134. The zero-order valence-corrected chi connectivity index (χ0v) is 10.2. The molecule has 3 heteroatoms. The second kappa shape index (κ2) is 5.66. The van der Waals surface area contributed by atoms with Crippen molar-refractivity contribution in [2.45, 2.75) is 26.4 Å². The van der Waals surface area contributed by atoms with Crippen LogP contribution < -0.4 is 5.73 Å². The molecule has 0 bridgehead atoms. The van der Waals surface area contributed by atoms with Crippen molar-refractivity contribution in [3.8, 4) is 0 Å². The highest BCUT2D eigenvalue weighted by Gasteiger charge is 2.20. The number of amides is 1. The van der Waals surface area contributed by atoms with Gasteiger partial charge in [0.1, 0.15) is 0 Å². The van der Waals surface area contributed by atoms with E-state index < -0.39 is 0 Å². The standard InChI is InChI=1S/C13H20N2O/c1-10(11(2)14)13(16)15(3)9-12-7-5-4-6-8-12/h4-8,10-11H,9,14H2,1-3H3. The number of carbonyl (C=O) groups is 1. The summed E-state index contributed by atoms with van der Waals surface area (Å²) in [6, 6.07) is 9.84. The van der Waals surface area contributed by atoms with Crippen LogP contribution in [0.1, 0.15) is 19.4 Å². The summed E-state index contributed by atoms with van der Waals surface area (Å²) in [7, 11) is 1.81. The normalized spacial score (nSPS) is 14.2. The van der Waals surface area contributed by atoms with E-state index >= 15 is 0 Å². The van der Waals surface area contributed by atoms with Crippen LogP contribution in [0.2, 0.25) is 0 Å². The van der Waals surface area contributed by atoms with Gasteiger partial charge in [0.05, 0.1) is 5.92 Å². The molecule has 0 spiro atoms. The minimum absolute atomic E-state index is 0.0962. The van der Waals surface area contributed by atoms with Crippen LogP contribution in [-0.2, 0) is 11.3 Å². The summed E-state index contributed by atoms with van der Waals surface area (Å²) in [5.74, 6) is -0.0347. The second-order valence-corrected chi connectivity index (χ2v) is 4.33. The molecule has 0 aliphatic heterocycles. The Balaban J connectivity index is 2.59. The molecule has 0 saturated heterocycles. The van der Waals surface area contributed by atoms with Crippen LogP contribution in [0.25, 0.3) is 0 Å². The Morgan fingerprint density at radius 2 is 1.88 bits per heavy atom. The average Bonchev–Trinajstić information content (AvgIpc) is 2.28. The van der Waals surface area contributed by atoms with Gasteiger partial charge < -0.3 is 10.6 Å². The largest absolute Gasteiger partial charge is 0.341 e. The molecule has 0 aliphatic rings. The lowest BCUT2D eigenvalue weighted by Crippen LogP contribution is -2.39. The molecule has 1 aromatic carbocycles. The van der Waals surface area contributed by atoms with Crippen LogP contribution >= 0.6 is 0 Å². The minimum Gasteiger partial charge on any atom is -0.341 e. The number of hydrogen-bond donors (Lipinski definition) is 1. The molecule has 88 valence electrons. The van der Waals surface area contributed by atoms with Crippen LogP contribution in [0.15, 0.2) is 30.3 Å². The van der Waals surface area contributed by atoms with E-state index in [4.69, 9.17) is 5.73 Å². The van der Waals surface area contributed by atoms with Crippen molar-refractivity contribution in [2.24, 2.45) is 11.7 Å². The summed E-state index contributed by atoms with van der Waals surface area (Å²) in [6.45, 7) is 4.37. The Bertz CT molecular complexity index is 335. The highest BCUT2D eigenvalue weighted by Crippen LogP contribution is 2.08. The molecule has 0 radical (unpaired) electrons. The molecule has 0 saturated carbocycles. The first-order chi connectivity index (χ1) is 7.52. The van der Waals surface area contributed by atoms with Crippen LogP contribution in [0.5, 0.6) is 0 Å². The molecule has 1 rings (SSSR count). The lowest BCUT2D eigenvalue weighted by atomic mass is 10.0. The van der Waals surface area contributed by atoms with Crippen LogP contribution in [0.3, 0.4) is 0 Å². The van der Waals surface area contributed by atoms with Crippen molar-refractivity contribution in [1.29, 1.82) is 0 Å². The van der Waals surface area contributed by atoms with Gasteiger partial charge in [0, 0.05) is 19.6 Å². The molecule has 2 unspecified atom stereocenters. The third-order valence-electron chi connectivity index (χ3n) is 2.82. The fraction of sp³-hybridized carbons (Fsp3) is 0.462. The van der Waals surface area contributed by atoms with E-state index in [2.05, 4.69) is 0 Å². The minimum atomic E-state index is -0.131. The first-order valence-corrected chi connectivity index (χ1v) is 5.57. The summed E-state index contributed by atoms with van der Waals surface area (Å²) in [4.78, 5) is 13.7. The zero-order valence-electron chi connectivity index (χ0n) is 10.2. The predicted molar refractivity (Wildman–Crippen MR) is 65.7 cm³/mol. The van der Waals surface area contributed by atoms with Crippen molar-refractivity contribution < 1.29 is 4.79 Å². The highest BCUT2D eigenvalue weighted by molar-refractivity contribution is 5.78. The predicted octanol–water partition coefficient (Wildman–Crippen LogP) is 1.63. The lowest BCUT2D eigenvalue weighted by Gasteiger charge is -2.23. The van der Waals surface area contributed by atoms with Crippen molar-refractivity contribution in [1.82, 2.24) is 4.90 Å². The van der Waals surface area contributed by atoms with Gasteiger partial charge in [0.25, 0.3) is 0 Å². The maximum absolute atomic E-state index is 11.9. The monoisotopic (exact) mass is 220 g/mol. The van der Waals surface area contributed by atoms with Crippen LogP contribution in [0, 0.1) is 5.92 Å². The molecule has 16 heavy (non-hydrogen) atoms. The molecule has 0 fully saturated rings. The van der Waals surface area contributed by atoms with E-state index in [-0.39, 0.29) is 17.9 Å². The van der Waals surface area contributed by atoms with Crippen molar-refractivity contribution in [2.75, 3.05) is 7.05 Å². The molecule has 1 amide bonds. The highest BCUT2D eigenvalue weighted by atomic mass is 16.2. The summed E-state index contributed by atoms with van der Waals surface area (Å²) < 4.78 is 0. The van der Waals surface area contributed by atoms with E-state index in [1.54, 1.807) is 4.90 Å². The summed E-state index contributed by atoms with van der Waals surface area (Å²) in [5.41, 5.74) is 6.85. The molecule has 0 heterocycles.